The van der Waals surface area contributed by atoms with Gasteiger partial charge in [0.15, 0.2) is 0 Å². The van der Waals surface area contributed by atoms with E-state index < -0.39 is 11.2 Å². The van der Waals surface area contributed by atoms with Crippen LogP contribution in [0.4, 0.5) is 5.69 Å². The zero-order valence-electron chi connectivity index (χ0n) is 14.5. The Morgan fingerprint density at radius 2 is 2.00 bits per heavy atom. The maximum Gasteiger partial charge on any atom is 0.262 e. The highest BCUT2D eigenvalue weighted by atomic mass is 79.9. The normalized spacial score (nSPS) is 18.3. The molecule has 0 saturated carbocycles. The topological polar surface area (TPSA) is 87.2 Å². The van der Waals surface area contributed by atoms with Crippen LogP contribution in [0, 0.1) is 18.3 Å². The number of hydrogen-bond donors (Lipinski definition) is 1. The first-order valence-electron chi connectivity index (χ1n) is 8.16. The number of carbonyl (C=O) groups is 2. The number of halogens is 1. The smallest absolute Gasteiger partial charge is 0.262 e. The van der Waals surface area contributed by atoms with E-state index in [4.69, 9.17) is 5.73 Å². The van der Waals surface area contributed by atoms with E-state index >= 15 is 0 Å². The van der Waals surface area contributed by atoms with E-state index in [-0.39, 0.29) is 11.5 Å². The molecule has 1 aliphatic heterocycles. The van der Waals surface area contributed by atoms with E-state index in [0.29, 0.717) is 17.1 Å². The number of rotatable bonds is 4. The molecule has 5 nitrogen and oxygen atoms in total. The van der Waals surface area contributed by atoms with Crippen LogP contribution in [0.3, 0.4) is 0 Å². The maximum absolute atomic E-state index is 13.1. The van der Waals surface area contributed by atoms with Gasteiger partial charge in [-0.2, -0.15) is 5.26 Å². The largest absolute Gasteiger partial charge is 0.365 e. The van der Waals surface area contributed by atoms with Gasteiger partial charge in [-0.3, -0.25) is 14.5 Å². The van der Waals surface area contributed by atoms with Gasteiger partial charge in [0.25, 0.3) is 5.91 Å². The van der Waals surface area contributed by atoms with Crippen LogP contribution >= 0.6 is 27.7 Å². The Hall–Kier alpha value is -2.56. The summed E-state index contributed by atoms with van der Waals surface area (Å²) in [4.78, 5) is 26.3. The van der Waals surface area contributed by atoms with Crippen LogP contribution in [0.15, 0.2) is 63.6 Å². The molecule has 3 rings (SSSR count). The van der Waals surface area contributed by atoms with Crippen LogP contribution in [-0.2, 0) is 16.0 Å². The van der Waals surface area contributed by atoms with Crippen molar-refractivity contribution in [2.45, 2.75) is 18.6 Å². The van der Waals surface area contributed by atoms with Crippen molar-refractivity contribution in [1.29, 1.82) is 5.26 Å². The van der Waals surface area contributed by atoms with E-state index in [9.17, 15) is 14.9 Å². The molecular weight excluding hydrogens is 426 g/mol. The fourth-order valence-electron chi connectivity index (χ4n) is 2.84. The lowest BCUT2D eigenvalue weighted by Gasteiger charge is -2.18. The SMILES string of the molecule is Cc1cccc(N2C(=O)[C@H](Cc3ccc(Br)cc3)S/C2=C(\C#N)C(N)=O)c1. The van der Waals surface area contributed by atoms with E-state index in [1.165, 1.54) is 16.7 Å². The maximum atomic E-state index is 13.1. The molecule has 0 spiro atoms. The first-order valence-corrected chi connectivity index (χ1v) is 9.84. The number of aryl methyl sites for hydroxylation is 1. The Bertz CT molecular complexity index is 979. The second-order valence-electron chi connectivity index (χ2n) is 6.11. The lowest BCUT2D eigenvalue weighted by molar-refractivity contribution is -0.117. The lowest BCUT2D eigenvalue weighted by atomic mass is 10.1. The zero-order valence-corrected chi connectivity index (χ0v) is 16.9. The molecule has 2 N–H and O–H groups in total. The molecule has 2 amide bonds. The van der Waals surface area contributed by atoms with Crippen LogP contribution in [0.5, 0.6) is 0 Å². The minimum absolute atomic E-state index is 0.169. The molecule has 0 bridgehead atoms. The summed E-state index contributed by atoms with van der Waals surface area (Å²) in [6.45, 7) is 1.92. The minimum Gasteiger partial charge on any atom is -0.365 e. The van der Waals surface area contributed by atoms with E-state index in [1.54, 1.807) is 6.07 Å². The number of nitriles is 1. The van der Waals surface area contributed by atoms with Gasteiger partial charge in [-0.15, -0.1) is 0 Å². The lowest BCUT2D eigenvalue weighted by Crippen LogP contribution is -2.31. The molecule has 0 radical (unpaired) electrons. The van der Waals surface area contributed by atoms with Crippen molar-refractivity contribution in [3.8, 4) is 6.07 Å². The molecule has 2 aromatic rings. The predicted octanol–water partition coefficient (Wildman–Crippen LogP) is 3.67. The van der Waals surface area contributed by atoms with Crippen LogP contribution < -0.4 is 10.6 Å². The van der Waals surface area contributed by atoms with Crippen LogP contribution in [-0.4, -0.2) is 17.1 Å². The molecule has 1 saturated heterocycles. The second-order valence-corrected chi connectivity index (χ2v) is 8.21. The van der Waals surface area contributed by atoms with Crippen molar-refractivity contribution in [1.82, 2.24) is 0 Å². The van der Waals surface area contributed by atoms with Crippen LogP contribution in [0.25, 0.3) is 0 Å². The molecule has 2 aromatic carbocycles. The quantitative estimate of drug-likeness (QED) is 0.578. The summed E-state index contributed by atoms with van der Waals surface area (Å²) in [7, 11) is 0. The molecule has 0 aliphatic carbocycles. The molecule has 7 heteroatoms. The average Bonchev–Trinajstić information content (AvgIpc) is 2.93. The number of nitrogens with two attached hydrogens (primary N) is 1. The molecule has 27 heavy (non-hydrogen) atoms. The molecular formula is C20H16BrN3O2S. The standard InChI is InChI=1S/C20H16BrN3O2S/c1-12-3-2-4-15(9-12)24-19(26)17(10-13-5-7-14(21)8-6-13)27-20(24)16(11-22)18(23)25/h2-9,17H,10H2,1H3,(H2,23,25)/b20-16+/t17-/m0/s1. The first-order chi connectivity index (χ1) is 12.9. The van der Waals surface area contributed by atoms with E-state index in [1.807, 2.05) is 55.5 Å². The fourth-order valence-corrected chi connectivity index (χ4v) is 4.42. The summed E-state index contributed by atoms with van der Waals surface area (Å²) in [6.07, 6.45) is 0.486. The van der Waals surface area contributed by atoms with Gasteiger partial charge in [-0.25, -0.2) is 0 Å². The van der Waals surface area contributed by atoms with Crippen LogP contribution in [0.2, 0.25) is 0 Å². The Morgan fingerprint density at radius 1 is 1.30 bits per heavy atom. The highest BCUT2D eigenvalue weighted by Gasteiger charge is 2.40. The highest BCUT2D eigenvalue weighted by molar-refractivity contribution is 9.10. The molecule has 1 aliphatic rings. The number of anilines is 1. The molecule has 0 aromatic heterocycles. The Labute approximate surface area is 170 Å². The third-order valence-corrected chi connectivity index (χ3v) is 5.91. The number of amides is 2. The number of benzene rings is 2. The first kappa shape index (κ1) is 19.2. The second kappa shape index (κ2) is 7.99. The fraction of sp³-hybridized carbons (Fsp3) is 0.150. The molecule has 1 heterocycles. The van der Waals surface area contributed by atoms with Crippen molar-refractivity contribution in [3.63, 3.8) is 0 Å². The van der Waals surface area contributed by atoms with Crippen molar-refractivity contribution < 1.29 is 9.59 Å². The van der Waals surface area contributed by atoms with Gasteiger partial charge in [-0.05, 0) is 48.7 Å². The zero-order chi connectivity index (χ0) is 19.6. The molecule has 136 valence electrons. The van der Waals surface area contributed by atoms with Gasteiger partial charge < -0.3 is 5.73 Å². The molecule has 0 unspecified atom stereocenters. The third kappa shape index (κ3) is 4.07. The van der Waals surface area contributed by atoms with Crippen LogP contribution in [0.1, 0.15) is 11.1 Å². The Kier molecular flexibility index (Phi) is 5.68. The predicted molar refractivity (Wildman–Crippen MR) is 110 cm³/mol. The number of primary amides is 1. The summed E-state index contributed by atoms with van der Waals surface area (Å²) in [5, 5.41) is 9.26. The number of thioether (sulfide) groups is 1. The summed E-state index contributed by atoms with van der Waals surface area (Å²) < 4.78 is 0.958. The highest BCUT2D eigenvalue weighted by Crippen LogP contribution is 2.42. The summed E-state index contributed by atoms with van der Waals surface area (Å²) >= 11 is 4.60. The van der Waals surface area contributed by atoms with Gasteiger partial charge in [0.1, 0.15) is 16.7 Å². The summed E-state index contributed by atoms with van der Waals surface area (Å²) in [5.41, 5.74) is 7.76. The summed E-state index contributed by atoms with van der Waals surface area (Å²) in [5.74, 6) is -1.01. The van der Waals surface area contributed by atoms with Crippen molar-refractivity contribution in [3.05, 3.63) is 74.7 Å². The van der Waals surface area contributed by atoms with E-state index in [2.05, 4.69) is 15.9 Å². The van der Waals surface area contributed by atoms with Gasteiger partial charge in [0.2, 0.25) is 5.91 Å². The number of hydrogen-bond acceptors (Lipinski definition) is 4. The van der Waals surface area contributed by atoms with Gasteiger partial charge in [0, 0.05) is 10.2 Å². The van der Waals surface area contributed by atoms with Crippen molar-refractivity contribution in [2.75, 3.05) is 4.90 Å². The Morgan fingerprint density at radius 3 is 2.59 bits per heavy atom. The van der Waals surface area contributed by atoms with Gasteiger partial charge in [0.05, 0.1) is 5.25 Å². The number of nitrogens with zero attached hydrogens (tertiary/aromatic N) is 2. The molecule has 1 fully saturated rings. The minimum atomic E-state index is -0.838. The van der Waals surface area contributed by atoms with E-state index in [0.717, 1.165) is 15.6 Å². The monoisotopic (exact) mass is 441 g/mol. The third-order valence-electron chi connectivity index (χ3n) is 4.12. The van der Waals surface area contributed by atoms with Crippen molar-refractivity contribution >= 4 is 45.2 Å². The molecule has 1 atom stereocenters. The van der Waals surface area contributed by atoms with Crippen molar-refractivity contribution in [2.24, 2.45) is 5.73 Å². The van der Waals surface area contributed by atoms with Gasteiger partial charge >= 0.3 is 0 Å². The average molecular weight is 442 g/mol. The number of carbonyl (C=O) groups excluding carboxylic acids is 2. The Balaban J connectivity index is 2.03. The summed E-state index contributed by atoms with van der Waals surface area (Å²) in [6, 6.07) is 16.9. The van der Waals surface area contributed by atoms with Gasteiger partial charge in [-0.1, -0.05) is 52.0 Å².